The van der Waals surface area contributed by atoms with E-state index >= 15 is 0 Å². The molecule has 3 rings (SSSR count). The molecule has 0 atom stereocenters. The molecule has 0 aliphatic heterocycles. The lowest BCUT2D eigenvalue weighted by Crippen LogP contribution is -2.13. The summed E-state index contributed by atoms with van der Waals surface area (Å²) < 4.78 is 1.73. The van der Waals surface area contributed by atoms with Gasteiger partial charge < -0.3 is 5.32 Å². The van der Waals surface area contributed by atoms with Gasteiger partial charge in [-0.05, 0) is 29.5 Å². The van der Waals surface area contributed by atoms with E-state index in [9.17, 15) is 4.79 Å². The smallest absolute Gasteiger partial charge is 0.234 e. The Kier molecular flexibility index (Phi) is 5.90. The van der Waals surface area contributed by atoms with E-state index in [0.29, 0.717) is 5.75 Å². The van der Waals surface area contributed by atoms with Gasteiger partial charge in [0, 0.05) is 5.69 Å². The van der Waals surface area contributed by atoms with E-state index < -0.39 is 0 Å². The summed E-state index contributed by atoms with van der Waals surface area (Å²) in [4.78, 5) is 12.0. The number of anilines is 1. The molecule has 7 heteroatoms. The molecule has 122 valence electrons. The van der Waals surface area contributed by atoms with Crippen molar-refractivity contribution in [2.24, 2.45) is 0 Å². The number of aromatic nitrogens is 2. The highest BCUT2D eigenvalue weighted by Crippen LogP contribution is 2.27. The summed E-state index contributed by atoms with van der Waals surface area (Å²) in [6.45, 7) is 0. The molecule has 0 saturated heterocycles. The highest BCUT2D eigenvalue weighted by atomic mass is 32.2. The molecule has 1 N–H and O–H groups in total. The van der Waals surface area contributed by atoms with E-state index in [1.807, 2.05) is 48.7 Å². The summed E-state index contributed by atoms with van der Waals surface area (Å²) in [6.07, 6.45) is 1.96. The van der Waals surface area contributed by atoms with Gasteiger partial charge >= 0.3 is 0 Å². The molecule has 0 spiro atoms. The molecular weight excluding hydrogens is 358 g/mol. The topological polar surface area (TPSA) is 54.9 Å². The zero-order valence-electron chi connectivity index (χ0n) is 12.9. The van der Waals surface area contributed by atoms with Crippen LogP contribution in [-0.2, 0) is 4.79 Å². The summed E-state index contributed by atoms with van der Waals surface area (Å²) in [6, 6.07) is 18.0. The minimum Gasteiger partial charge on any atom is -0.325 e. The summed E-state index contributed by atoms with van der Waals surface area (Å²) >= 11 is 4.46. The van der Waals surface area contributed by atoms with Gasteiger partial charge in [-0.15, -0.1) is 10.2 Å². The Morgan fingerprint density at radius 1 is 1.00 bits per heavy atom. The van der Waals surface area contributed by atoms with Crippen LogP contribution in [0.3, 0.4) is 0 Å². The second-order valence-electron chi connectivity index (χ2n) is 4.82. The van der Waals surface area contributed by atoms with Crippen LogP contribution in [-0.4, -0.2) is 28.1 Å². The van der Waals surface area contributed by atoms with Crippen LogP contribution in [0.4, 0.5) is 5.69 Å². The van der Waals surface area contributed by atoms with Crippen molar-refractivity contribution in [3.8, 4) is 11.1 Å². The third-order valence-corrected chi connectivity index (χ3v) is 6.20. The normalized spacial score (nSPS) is 10.5. The predicted molar refractivity (Wildman–Crippen MR) is 103 cm³/mol. The Hall–Kier alpha value is -1.83. The molecule has 0 aliphatic carbocycles. The van der Waals surface area contributed by atoms with Gasteiger partial charge in [0.25, 0.3) is 0 Å². The molecule has 0 fully saturated rings. The van der Waals surface area contributed by atoms with Crippen molar-refractivity contribution in [2.45, 2.75) is 8.68 Å². The third kappa shape index (κ3) is 4.59. The van der Waals surface area contributed by atoms with Gasteiger partial charge in [0.1, 0.15) is 0 Å². The highest BCUT2D eigenvalue weighted by Gasteiger charge is 2.08. The van der Waals surface area contributed by atoms with Crippen molar-refractivity contribution >= 4 is 46.5 Å². The Balaban J connectivity index is 1.54. The standard InChI is InChI=1S/C17H15N3OS3/c1-22-16-19-20-17(24-16)23-11-15(21)18-14-9-7-13(8-10-14)12-5-3-2-4-6-12/h2-10H,11H2,1H3,(H,18,21). The van der Waals surface area contributed by atoms with Gasteiger partial charge in [0.2, 0.25) is 5.91 Å². The molecule has 0 bridgehead atoms. The number of carbonyl (C=O) groups excluding carboxylic acids is 1. The number of benzene rings is 2. The fourth-order valence-corrected chi connectivity index (χ4v) is 4.28. The Bertz CT molecular complexity index is 803. The van der Waals surface area contributed by atoms with E-state index in [2.05, 4.69) is 27.6 Å². The molecule has 1 aromatic heterocycles. The quantitative estimate of drug-likeness (QED) is 0.637. The molecule has 0 saturated carbocycles. The summed E-state index contributed by atoms with van der Waals surface area (Å²) in [5, 5.41) is 11.0. The molecule has 1 amide bonds. The van der Waals surface area contributed by atoms with Crippen LogP contribution >= 0.6 is 34.9 Å². The maximum atomic E-state index is 12.0. The molecule has 0 radical (unpaired) electrons. The lowest BCUT2D eigenvalue weighted by molar-refractivity contribution is -0.113. The Morgan fingerprint density at radius 2 is 1.67 bits per heavy atom. The zero-order chi connectivity index (χ0) is 16.8. The number of thioether (sulfide) groups is 2. The average molecular weight is 374 g/mol. The largest absolute Gasteiger partial charge is 0.325 e. The first kappa shape index (κ1) is 17.0. The number of nitrogens with zero attached hydrogens (tertiary/aromatic N) is 2. The summed E-state index contributed by atoms with van der Waals surface area (Å²) in [5.74, 6) is 0.275. The Morgan fingerprint density at radius 3 is 2.33 bits per heavy atom. The van der Waals surface area contributed by atoms with E-state index in [4.69, 9.17) is 0 Å². The number of hydrogen-bond acceptors (Lipinski definition) is 6. The van der Waals surface area contributed by atoms with Gasteiger partial charge in [-0.2, -0.15) is 0 Å². The van der Waals surface area contributed by atoms with Crippen LogP contribution in [0, 0.1) is 0 Å². The molecule has 1 heterocycles. The van der Waals surface area contributed by atoms with Crippen LogP contribution in [0.2, 0.25) is 0 Å². The predicted octanol–water partition coefficient (Wildman–Crippen LogP) is 4.66. The fraction of sp³-hybridized carbons (Fsp3) is 0.118. The molecule has 0 aliphatic rings. The van der Waals surface area contributed by atoms with E-state index in [-0.39, 0.29) is 5.91 Å². The number of carbonyl (C=O) groups is 1. The van der Waals surface area contributed by atoms with E-state index in [0.717, 1.165) is 25.5 Å². The number of nitrogens with one attached hydrogen (secondary N) is 1. The highest BCUT2D eigenvalue weighted by molar-refractivity contribution is 8.03. The van der Waals surface area contributed by atoms with Crippen LogP contribution in [0.25, 0.3) is 11.1 Å². The zero-order valence-corrected chi connectivity index (χ0v) is 15.4. The van der Waals surface area contributed by atoms with Gasteiger partial charge in [0.15, 0.2) is 8.68 Å². The molecule has 4 nitrogen and oxygen atoms in total. The second kappa shape index (κ2) is 8.32. The van der Waals surface area contributed by atoms with E-state index in [1.54, 1.807) is 11.8 Å². The molecule has 3 aromatic rings. The number of amides is 1. The van der Waals surface area contributed by atoms with Crippen molar-refractivity contribution in [1.82, 2.24) is 10.2 Å². The monoisotopic (exact) mass is 373 g/mol. The van der Waals surface area contributed by atoms with Crippen LogP contribution in [0.5, 0.6) is 0 Å². The lowest BCUT2D eigenvalue weighted by atomic mass is 10.1. The first-order chi connectivity index (χ1) is 11.7. The molecule has 24 heavy (non-hydrogen) atoms. The first-order valence-corrected chi connectivity index (χ1v) is 10.2. The van der Waals surface area contributed by atoms with Crippen LogP contribution in [0.15, 0.2) is 63.3 Å². The summed E-state index contributed by atoms with van der Waals surface area (Å²) in [5.41, 5.74) is 3.08. The third-order valence-electron chi connectivity index (χ3n) is 3.17. The first-order valence-electron chi connectivity index (χ1n) is 7.20. The average Bonchev–Trinajstić information content (AvgIpc) is 3.10. The van der Waals surface area contributed by atoms with Crippen molar-refractivity contribution in [3.63, 3.8) is 0 Å². The van der Waals surface area contributed by atoms with Crippen LogP contribution in [0.1, 0.15) is 0 Å². The fourth-order valence-electron chi connectivity index (χ4n) is 2.04. The molecular formula is C17H15N3OS3. The van der Waals surface area contributed by atoms with Crippen molar-refractivity contribution in [2.75, 3.05) is 17.3 Å². The number of rotatable bonds is 6. The maximum Gasteiger partial charge on any atom is 0.234 e. The summed E-state index contributed by atoms with van der Waals surface area (Å²) in [7, 11) is 0. The van der Waals surface area contributed by atoms with Crippen molar-refractivity contribution in [3.05, 3.63) is 54.6 Å². The van der Waals surface area contributed by atoms with Gasteiger partial charge in [-0.25, -0.2) is 0 Å². The van der Waals surface area contributed by atoms with Crippen molar-refractivity contribution < 1.29 is 4.79 Å². The SMILES string of the molecule is CSc1nnc(SCC(=O)Nc2ccc(-c3ccccc3)cc2)s1. The maximum absolute atomic E-state index is 12.0. The van der Waals surface area contributed by atoms with E-state index in [1.165, 1.54) is 23.1 Å². The van der Waals surface area contributed by atoms with Gasteiger partial charge in [0.05, 0.1) is 5.75 Å². The van der Waals surface area contributed by atoms with Gasteiger partial charge in [-0.1, -0.05) is 77.3 Å². The molecule has 2 aromatic carbocycles. The lowest BCUT2D eigenvalue weighted by Gasteiger charge is -2.06. The molecule has 0 unspecified atom stereocenters. The minimum atomic E-state index is -0.0478. The Labute approximate surface area is 153 Å². The van der Waals surface area contributed by atoms with Crippen LogP contribution < -0.4 is 5.32 Å². The minimum absolute atomic E-state index is 0.0478. The second-order valence-corrected chi connectivity index (χ2v) is 8.07. The number of hydrogen-bond donors (Lipinski definition) is 1. The van der Waals surface area contributed by atoms with Crippen molar-refractivity contribution in [1.29, 1.82) is 0 Å². The van der Waals surface area contributed by atoms with Gasteiger partial charge in [-0.3, -0.25) is 4.79 Å².